The van der Waals surface area contributed by atoms with Gasteiger partial charge in [-0.25, -0.2) is 0 Å². The summed E-state index contributed by atoms with van der Waals surface area (Å²) in [4.78, 5) is 24.6. The zero-order valence-corrected chi connectivity index (χ0v) is 18.5. The van der Waals surface area contributed by atoms with Gasteiger partial charge in [0.05, 0.1) is 6.42 Å². The van der Waals surface area contributed by atoms with E-state index in [0.29, 0.717) is 17.1 Å². The van der Waals surface area contributed by atoms with Crippen LogP contribution in [0.1, 0.15) is 16.7 Å². The lowest BCUT2D eigenvalue weighted by Crippen LogP contribution is -2.21. The molecule has 0 saturated carbocycles. The molecule has 0 aliphatic heterocycles. The Kier molecular flexibility index (Phi) is 7.25. The molecule has 3 aromatic carbocycles. The van der Waals surface area contributed by atoms with Crippen molar-refractivity contribution in [2.75, 3.05) is 17.2 Å². The van der Waals surface area contributed by atoms with E-state index in [4.69, 9.17) is 4.74 Å². The number of nitrogens with one attached hydrogen (secondary N) is 2. The van der Waals surface area contributed by atoms with Crippen molar-refractivity contribution in [3.63, 3.8) is 0 Å². The quantitative estimate of drug-likeness (QED) is 0.498. The Bertz CT molecular complexity index is 1030. The molecule has 0 radical (unpaired) electrons. The molecule has 0 bridgehead atoms. The highest BCUT2D eigenvalue weighted by Crippen LogP contribution is 2.27. The fourth-order valence-electron chi connectivity index (χ4n) is 3.12. The van der Waals surface area contributed by atoms with Crippen molar-refractivity contribution in [2.24, 2.45) is 0 Å². The van der Waals surface area contributed by atoms with E-state index in [9.17, 15) is 9.59 Å². The highest BCUT2D eigenvalue weighted by atomic mass is 79.9. The Labute approximate surface area is 184 Å². The van der Waals surface area contributed by atoms with Crippen LogP contribution in [0, 0.1) is 13.8 Å². The highest BCUT2D eigenvalue weighted by Gasteiger charge is 2.10. The molecular formula is C24H23BrN2O3. The molecule has 0 aliphatic rings. The number of ether oxygens (including phenoxy) is 1. The van der Waals surface area contributed by atoms with Gasteiger partial charge in [-0.1, -0.05) is 52.3 Å². The van der Waals surface area contributed by atoms with E-state index in [1.165, 1.54) is 0 Å². The lowest BCUT2D eigenvalue weighted by atomic mass is 10.1. The number of carbonyl (C=O) groups is 2. The first-order valence-corrected chi connectivity index (χ1v) is 10.3. The van der Waals surface area contributed by atoms with Crippen molar-refractivity contribution in [3.8, 4) is 5.75 Å². The monoisotopic (exact) mass is 466 g/mol. The third kappa shape index (κ3) is 6.19. The van der Waals surface area contributed by atoms with Gasteiger partial charge in [-0.05, 0) is 60.9 Å². The predicted octanol–water partition coefficient (Wildman–Crippen LogP) is 5.26. The first-order valence-electron chi connectivity index (χ1n) is 9.54. The van der Waals surface area contributed by atoms with Crippen molar-refractivity contribution >= 4 is 39.1 Å². The minimum atomic E-state index is -0.274. The normalized spacial score (nSPS) is 10.4. The van der Waals surface area contributed by atoms with Crippen molar-refractivity contribution in [1.82, 2.24) is 0 Å². The molecule has 0 aliphatic carbocycles. The number of hydrogen-bond acceptors (Lipinski definition) is 3. The second-order valence-corrected chi connectivity index (χ2v) is 7.91. The summed E-state index contributed by atoms with van der Waals surface area (Å²) in [6, 6.07) is 20.5. The average Bonchev–Trinajstić information content (AvgIpc) is 2.68. The second kappa shape index (κ2) is 10.1. The summed E-state index contributed by atoms with van der Waals surface area (Å²) in [6.45, 7) is 3.77. The minimum Gasteiger partial charge on any atom is -0.483 e. The van der Waals surface area contributed by atoms with E-state index in [1.807, 2.05) is 56.3 Å². The fourth-order valence-corrected chi connectivity index (χ4v) is 3.81. The summed E-state index contributed by atoms with van der Waals surface area (Å²) in [6.07, 6.45) is 0.289. The summed E-state index contributed by atoms with van der Waals surface area (Å²) >= 11 is 3.45. The molecule has 154 valence electrons. The Morgan fingerprint density at radius 3 is 2.07 bits per heavy atom. The van der Waals surface area contributed by atoms with Crippen molar-refractivity contribution in [1.29, 1.82) is 0 Å². The lowest BCUT2D eigenvalue weighted by Gasteiger charge is -2.13. The number of anilines is 2. The van der Waals surface area contributed by atoms with Crippen molar-refractivity contribution in [3.05, 3.63) is 87.9 Å². The third-order valence-corrected chi connectivity index (χ3v) is 4.87. The predicted molar refractivity (Wildman–Crippen MR) is 123 cm³/mol. The molecule has 0 atom stereocenters. The highest BCUT2D eigenvalue weighted by molar-refractivity contribution is 9.10. The van der Waals surface area contributed by atoms with Gasteiger partial charge < -0.3 is 15.4 Å². The second-order valence-electron chi connectivity index (χ2n) is 7.00. The largest absolute Gasteiger partial charge is 0.483 e. The van der Waals surface area contributed by atoms with Crippen LogP contribution < -0.4 is 15.4 Å². The maximum atomic E-state index is 12.3. The van der Waals surface area contributed by atoms with Gasteiger partial charge in [0.25, 0.3) is 5.91 Å². The smallest absolute Gasteiger partial charge is 0.262 e. The Balaban J connectivity index is 1.55. The lowest BCUT2D eigenvalue weighted by molar-refractivity contribution is -0.118. The molecule has 0 aromatic heterocycles. The van der Waals surface area contributed by atoms with Crippen molar-refractivity contribution in [2.45, 2.75) is 20.3 Å². The molecule has 2 N–H and O–H groups in total. The number of halogens is 1. The SMILES string of the molecule is Cc1cc(Br)cc(C)c1OCC(=O)Nc1cccc(NC(=O)Cc2ccccc2)c1. The van der Waals surface area contributed by atoms with Gasteiger partial charge in [0, 0.05) is 15.8 Å². The molecule has 3 aromatic rings. The van der Waals surface area contributed by atoms with Gasteiger partial charge in [-0.2, -0.15) is 0 Å². The molecule has 5 nitrogen and oxygen atoms in total. The molecule has 0 spiro atoms. The minimum absolute atomic E-state index is 0.103. The van der Waals surface area contributed by atoms with Crippen LogP contribution >= 0.6 is 15.9 Å². The van der Waals surface area contributed by atoms with Crippen LogP contribution in [-0.2, 0) is 16.0 Å². The van der Waals surface area contributed by atoms with E-state index in [2.05, 4.69) is 26.6 Å². The van der Waals surface area contributed by atoms with E-state index in [-0.39, 0.29) is 24.8 Å². The van der Waals surface area contributed by atoms with Crippen LogP contribution in [0.15, 0.2) is 71.2 Å². The molecule has 0 saturated heterocycles. The number of amides is 2. The van der Waals surface area contributed by atoms with Gasteiger partial charge in [0.2, 0.25) is 5.91 Å². The van der Waals surface area contributed by atoms with Crippen LogP contribution in [0.4, 0.5) is 11.4 Å². The first-order chi connectivity index (χ1) is 14.4. The van der Waals surface area contributed by atoms with Gasteiger partial charge >= 0.3 is 0 Å². The van der Waals surface area contributed by atoms with Gasteiger partial charge in [-0.15, -0.1) is 0 Å². The third-order valence-electron chi connectivity index (χ3n) is 4.41. The van der Waals surface area contributed by atoms with E-state index in [0.717, 1.165) is 21.2 Å². The summed E-state index contributed by atoms with van der Waals surface area (Å²) in [5.74, 6) is 0.314. The molecule has 0 heterocycles. The molecule has 6 heteroatoms. The number of aryl methyl sites for hydroxylation is 2. The Morgan fingerprint density at radius 2 is 1.43 bits per heavy atom. The first kappa shape index (κ1) is 21.6. The van der Waals surface area contributed by atoms with Gasteiger partial charge in [-0.3, -0.25) is 9.59 Å². The number of benzene rings is 3. The van der Waals surface area contributed by atoms with Crippen LogP contribution in [0.25, 0.3) is 0 Å². The van der Waals surface area contributed by atoms with E-state index in [1.54, 1.807) is 24.3 Å². The topological polar surface area (TPSA) is 67.4 Å². The van der Waals surface area contributed by atoms with E-state index >= 15 is 0 Å². The zero-order chi connectivity index (χ0) is 21.5. The molecule has 2 amide bonds. The summed E-state index contributed by atoms with van der Waals surface area (Å²) in [5.41, 5.74) is 4.06. The zero-order valence-electron chi connectivity index (χ0n) is 16.9. The number of carbonyl (C=O) groups excluding carboxylic acids is 2. The van der Waals surface area contributed by atoms with Crippen LogP contribution in [-0.4, -0.2) is 18.4 Å². The fraction of sp³-hybridized carbons (Fsp3) is 0.167. The summed E-state index contributed by atoms with van der Waals surface area (Å²) < 4.78 is 6.69. The average molecular weight is 467 g/mol. The number of rotatable bonds is 7. The standard InChI is InChI=1S/C24H23BrN2O3/c1-16-11-19(25)12-17(2)24(16)30-15-23(29)27-21-10-6-9-20(14-21)26-22(28)13-18-7-4-3-5-8-18/h3-12,14H,13,15H2,1-2H3,(H,26,28)(H,27,29). The van der Waals surface area contributed by atoms with Crippen LogP contribution in [0.5, 0.6) is 5.75 Å². The summed E-state index contributed by atoms with van der Waals surface area (Å²) in [5, 5.41) is 5.66. The molecular weight excluding hydrogens is 444 g/mol. The van der Waals surface area contributed by atoms with Crippen molar-refractivity contribution < 1.29 is 14.3 Å². The Morgan fingerprint density at radius 1 is 0.833 bits per heavy atom. The maximum absolute atomic E-state index is 12.3. The Hall–Kier alpha value is -3.12. The van der Waals surface area contributed by atoms with Gasteiger partial charge in [0.15, 0.2) is 6.61 Å². The summed E-state index contributed by atoms with van der Waals surface area (Å²) in [7, 11) is 0. The van der Waals surface area contributed by atoms with Gasteiger partial charge in [0.1, 0.15) is 5.75 Å². The molecule has 0 fully saturated rings. The van der Waals surface area contributed by atoms with Crippen LogP contribution in [0.3, 0.4) is 0 Å². The van der Waals surface area contributed by atoms with Crippen LogP contribution in [0.2, 0.25) is 0 Å². The maximum Gasteiger partial charge on any atom is 0.262 e. The van der Waals surface area contributed by atoms with E-state index < -0.39 is 0 Å². The number of hydrogen-bond donors (Lipinski definition) is 2. The molecule has 30 heavy (non-hydrogen) atoms. The molecule has 3 rings (SSSR count). The molecule has 0 unspecified atom stereocenters.